The van der Waals surface area contributed by atoms with E-state index in [9.17, 15) is 14.7 Å². The van der Waals surface area contributed by atoms with Crippen LogP contribution in [0, 0.1) is 0 Å². The van der Waals surface area contributed by atoms with E-state index in [4.69, 9.17) is 47.1 Å². The van der Waals surface area contributed by atoms with E-state index in [0.29, 0.717) is 44.5 Å². The number of oxime groups is 1. The Hall–Kier alpha value is -8.49. The van der Waals surface area contributed by atoms with E-state index in [1.165, 1.54) is 34.5 Å². The number of carbonyl (C=O) groups excluding carboxylic acids is 1. The third kappa shape index (κ3) is 9.76. The highest BCUT2D eigenvalue weighted by molar-refractivity contribution is 6.04. The molecule has 356 valence electrons. The summed E-state index contributed by atoms with van der Waals surface area (Å²) in [5, 5.41) is 18.6. The van der Waals surface area contributed by atoms with Crippen LogP contribution in [0.3, 0.4) is 0 Å². The van der Waals surface area contributed by atoms with Gasteiger partial charge in [-0.2, -0.15) is 0 Å². The molecule has 7 aromatic carbocycles. The molecule has 2 unspecified atom stereocenters. The first-order chi connectivity index (χ1) is 34.3. The van der Waals surface area contributed by atoms with Crippen molar-refractivity contribution in [2.24, 2.45) is 5.16 Å². The zero-order valence-corrected chi connectivity index (χ0v) is 38.8. The second-order valence-corrected chi connectivity index (χ2v) is 16.2. The van der Waals surface area contributed by atoms with Crippen molar-refractivity contribution in [1.29, 1.82) is 0 Å². The van der Waals surface area contributed by atoms with Crippen molar-refractivity contribution in [2.75, 3.05) is 28.4 Å². The van der Waals surface area contributed by atoms with Gasteiger partial charge in [-0.25, -0.2) is 9.59 Å². The lowest BCUT2D eigenvalue weighted by Crippen LogP contribution is -2.15. The lowest BCUT2D eigenvalue weighted by Gasteiger charge is -2.24. The minimum absolute atomic E-state index is 0.0250. The quantitative estimate of drug-likeness (QED) is 0.0763. The molecule has 0 saturated carbocycles. The van der Waals surface area contributed by atoms with Crippen LogP contribution in [-0.4, -0.2) is 45.2 Å². The number of carbonyl (C=O) groups is 1. The highest BCUT2D eigenvalue weighted by Gasteiger charge is 2.36. The number of fused-ring (bicyclic) bond motifs is 2. The van der Waals surface area contributed by atoms with Crippen LogP contribution in [0.5, 0.6) is 40.2 Å². The summed E-state index contributed by atoms with van der Waals surface area (Å²) >= 11 is 0. The highest BCUT2D eigenvalue weighted by atomic mass is 16.6. The van der Waals surface area contributed by atoms with Gasteiger partial charge in [0.2, 0.25) is 5.76 Å². The lowest BCUT2D eigenvalue weighted by atomic mass is 9.93. The highest BCUT2D eigenvalue weighted by Crippen LogP contribution is 2.53. The summed E-state index contributed by atoms with van der Waals surface area (Å²) in [5.41, 5.74) is 3.50. The number of esters is 1. The van der Waals surface area contributed by atoms with Crippen molar-refractivity contribution in [3.8, 4) is 40.2 Å². The maximum atomic E-state index is 13.9. The molecule has 14 nitrogen and oxygen atoms in total. The van der Waals surface area contributed by atoms with Crippen LogP contribution in [0.2, 0.25) is 0 Å². The van der Waals surface area contributed by atoms with Crippen LogP contribution in [0.4, 0.5) is 0 Å². The van der Waals surface area contributed by atoms with E-state index < -0.39 is 23.8 Å². The number of methoxy groups -OCH3 is 4. The summed E-state index contributed by atoms with van der Waals surface area (Å²) < 4.78 is 54.8. The Morgan fingerprint density at radius 3 is 1.60 bits per heavy atom. The second kappa shape index (κ2) is 21.2. The van der Waals surface area contributed by atoms with Gasteiger partial charge < -0.3 is 52.3 Å². The van der Waals surface area contributed by atoms with Gasteiger partial charge in [-0.1, -0.05) is 126 Å². The maximum Gasteiger partial charge on any atom is 0.374 e. The molecule has 8 aromatic rings. The normalized spacial score (nSPS) is 13.5. The predicted molar refractivity (Wildman–Crippen MR) is 261 cm³/mol. The molecule has 0 saturated heterocycles. The van der Waals surface area contributed by atoms with Gasteiger partial charge in [-0.05, 0) is 45.8 Å². The van der Waals surface area contributed by atoms with Gasteiger partial charge in [0, 0.05) is 29.0 Å². The average Bonchev–Trinajstić information content (AvgIpc) is 3.91. The Kier molecular flexibility index (Phi) is 14.1. The van der Waals surface area contributed by atoms with Gasteiger partial charge in [0.05, 0.1) is 39.5 Å². The van der Waals surface area contributed by atoms with Crippen LogP contribution in [0.25, 0.3) is 21.5 Å². The number of nitrogens with zero attached hydrogens (tertiary/aromatic N) is 1. The molecule has 14 heteroatoms. The largest absolute Gasteiger partial charge is 0.496 e. The Bertz CT molecular complexity index is 3220. The van der Waals surface area contributed by atoms with Gasteiger partial charge in [-0.15, -0.1) is 0 Å². The van der Waals surface area contributed by atoms with E-state index in [2.05, 4.69) is 5.16 Å². The van der Waals surface area contributed by atoms with Crippen LogP contribution >= 0.6 is 0 Å². The summed E-state index contributed by atoms with van der Waals surface area (Å²) in [6.45, 7) is 0.365. The lowest BCUT2D eigenvalue weighted by molar-refractivity contribution is 0.0560. The van der Waals surface area contributed by atoms with Gasteiger partial charge in [0.1, 0.15) is 43.7 Å². The van der Waals surface area contributed by atoms with E-state index in [0.717, 1.165) is 22.3 Å². The fourth-order valence-corrected chi connectivity index (χ4v) is 8.35. The Morgan fingerprint density at radius 2 is 1.10 bits per heavy atom. The van der Waals surface area contributed by atoms with Crippen molar-refractivity contribution in [2.45, 2.75) is 45.1 Å². The molecule has 0 radical (unpaired) electrons. The van der Waals surface area contributed by atoms with Crippen LogP contribution in [0.15, 0.2) is 160 Å². The topological polar surface area (TPSA) is 163 Å². The summed E-state index contributed by atoms with van der Waals surface area (Å²) in [7, 11) is 5.80. The SMILES string of the molecule is COC(=O)c1cc2cc(C3CC(C(O)c4cc5c(OC)cc(OC)c(OC)c5c(OCc5ccccc5)c4OCc4ccccc4)=NO3)c(OCc3ccccc3)c(OCc3ccccc3)c2c(=O)o1. The maximum absolute atomic E-state index is 13.9. The monoisotopic (exact) mass is 943 g/mol. The minimum atomic E-state index is -1.45. The summed E-state index contributed by atoms with van der Waals surface area (Å²) in [5.74, 6) is 0.743. The molecular formula is C56H49NO13. The molecule has 0 amide bonds. The molecule has 0 bridgehead atoms. The number of aliphatic hydroxyl groups is 1. The molecule has 2 atom stereocenters. The molecule has 0 aliphatic carbocycles. The molecule has 0 spiro atoms. The molecule has 0 fully saturated rings. The third-order valence-corrected chi connectivity index (χ3v) is 11.8. The molecule has 9 rings (SSSR count). The van der Waals surface area contributed by atoms with Crippen molar-refractivity contribution in [1.82, 2.24) is 0 Å². The van der Waals surface area contributed by atoms with E-state index in [-0.39, 0.29) is 72.7 Å². The zero-order chi connectivity index (χ0) is 48.6. The zero-order valence-electron chi connectivity index (χ0n) is 38.8. The molecule has 70 heavy (non-hydrogen) atoms. The van der Waals surface area contributed by atoms with E-state index in [1.54, 1.807) is 18.2 Å². The smallest absolute Gasteiger partial charge is 0.374 e. The Morgan fingerprint density at radius 1 is 0.600 bits per heavy atom. The van der Waals surface area contributed by atoms with Gasteiger partial charge in [-0.3, -0.25) is 0 Å². The standard InChI is InChI=1S/C56H49NO13/c1-61-43-29-45(62-2)52(63-3)48-39(43)27-41(51(66-31-35-19-11-6-12-20-35)54(48)68-33-37-23-15-8-16-24-37)49(58)42-28-44(70-57-42)40-25-38-26-46(55(59)64-4)69-56(60)47(38)53(67-32-36-21-13-7-14-22-36)50(40)65-30-34-17-9-5-10-18-34/h5-27,29,44,49,58H,28,30-33H2,1-4H3. The van der Waals surface area contributed by atoms with Gasteiger partial charge in [0.25, 0.3) is 0 Å². The molecule has 1 aromatic heterocycles. The van der Waals surface area contributed by atoms with E-state index >= 15 is 0 Å². The van der Waals surface area contributed by atoms with Crippen molar-refractivity contribution in [3.05, 3.63) is 195 Å². The Labute approximate surface area is 403 Å². The number of hydrogen-bond donors (Lipinski definition) is 1. The van der Waals surface area contributed by atoms with Gasteiger partial charge >= 0.3 is 11.6 Å². The average molecular weight is 944 g/mol. The predicted octanol–water partition coefficient (Wildman–Crippen LogP) is 10.6. The first-order valence-electron chi connectivity index (χ1n) is 22.4. The summed E-state index contributed by atoms with van der Waals surface area (Å²) in [6, 6.07) is 44.7. The summed E-state index contributed by atoms with van der Waals surface area (Å²) in [4.78, 5) is 32.9. The van der Waals surface area contributed by atoms with E-state index in [1.807, 2.05) is 121 Å². The number of benzene rings is 7. The number of aliphatic hydroxyl groups excluding tert-OH is 1. The van der Waals surface area contributed by atoms with Crippen LogP contribution in [-0.2, 0) is 36.0 Å². The van der Waals surface area contributed by atoms with Crippen LogP contribution < -0.4 is 38.8 Å². The van der Waals surface area contributed by atoms with Crippen molar-refractivity contribution < 1.29 is 57.1 Å². The van der Waals surface area contributed by atoms with Crippen LogP contribution in [0.1, 0.15) is 62.6 Å². The van der Waals surface area contributed by atoms with Crippen molar-refractivity contribution >= 4 is 33.2 Å². The first kappa shape index (κ1) is 46.6. The fourth-order valence-electron chi connectivity index (χ4n) is 8.35. The number of hydrogen-bond acceptors (Lipinski definition) is 14. The molecule has 1 N–H and O–H groups in total. The Balaban J connectivity index is 1.18. The number of ether oxygens (including phenoxy) is 8. The second-order valence-electron chi connectivity index (χ2n) is 16.2. The molecule has 1 aliphatic rings. The van der Waals surface area contributed by atoms with Gasteiger partial charge in [0.15, 0.2) is 40.6 Å². The number of rotatable bonds is 19. The fraction of sp³-hybridized carbons (Fsp3) is 0.196. The summed E-state index contributed by atoms with van der Waals surface area (Å²) in [6.07, 6.45) is -2.33. The molecule has 1 aliphatic heterocycles. The molecular weight excluding hydrogens is 895 g/mol. The first-order valence-corrected chi connectivity index (χ1v) is 22.4. The third-order valence-electron chi connectivity index (χ3n) is 11.8. The molecule has 2 heterocycles. The van der Waals surface area contributed by atoms with Crippen molar-refractivity contribution in [3.63, 3.8) is 0 Å². The minimum Gasteiger partial charge on any atom is -0.496 e.